The van der Waals surface area contributed by atoms with E-state index in [1.54, 1.807) is 17.5 Å². The first kappa shape index (κ1) is 10.6. The van der Waals surface area contributed by atoms with Gasteiger partial charge in [0.15, 0.2) is 5.75 Å². The molecule has 0 spiro atoms. The largest absolute Gasteiger partial charge is 0.419 e. The summed E-state index contributed by atoms with van der Waals surface area (Å²) in [6.45, 7) is 5.36. The molecule has 0 bridgehead atoms. The maximum Gasteiger partial charge on any atom is 0.335 e. The number of aromatic amines is 1. The van der Waals surface area contributed by atoms with E-state index >= 15 is 0 Å². The summed E-state index contributed by atoms with van der Waals surface area (Å²) in [5.74, 6) is -0.0670. The number of hydrogen-bond acceptors (Lipinski definition) is 4. The zero-order chi connectivity index (χ0) is 11.5. The molecule has 1 N–H and O–H groups in total. The summed E-state index contributed by atoms with van der Waals surface area (Å²) in [7, 11) is 0. The van der Waals surface area contributed by atoms with Crippen molar-refractivity contribution in [2.24, 2.45) is 0 Å². The zero-order valence-electron chi connectivity index (χ0n) is 8.69. The van der Waals surface area contributed by atoms with Crippen LogP contribution in [0.1, 0.15) is 4.88 Å². The van der Waals surface area contributed by atoms with Gasteiger partial charge >= 0.3 is 5.97 Å². The molecule has 0 aliphatic rings. The fraction of sp³-hybridized carbons (Fsp3) is 0.0909. The highest BCUT2D eigenvalue weighted by atomic mass is 32.1. The van der Waals surface area contributed by atoms with Crippen LogP contribution in [0.2, 0.25) is 0 Å². The standard InChI is InChI=1S/C11H10N2O2S/c1-3-10(14)15-8-6-12-13-11(8)9-5-4-7(2)16-9/h3-6H,1H2,2H3,(H,12,13). The molecule has 4 nitrogen and oxygen atoms in total. The van der Waals surface area contributed by atoms with Crippen molar-refractivity contribution < 1.29 is 9.53 Å². The number of carbonyl (C=O) groups is 1. The Labute approximate surface area is 96.6 Å². The van der Waals surface area contributed by atoms with E-state index in [9.17, 15) is 4.79 Å². The lowest BCUT2D eigenvalue weighted by molar-refractivity contribution is -0.128. The summed E-state index contributed by atoms with van der Waals surface area (Å²) >= 11 is 1.59. The number of esters is 1. The van der Waals surface area contributed by atoms with Gasteiger partial charge in [-0.1, -0.05) is 6.58 Å². The third kappa shape index (κ3) is 2.04. The van der Waals surface area contributed by atoms with Crippen molar-refractivity contribution >= 4 is 17.3 Å². The Balaban J connectivity index is 2.32. The number of nitrogens with zero attached hydrogens (tertiary/aromatic N) is 1. The molecule has 0 unspecified atom stereocenters. The van der Waals surface area contributed by atoms with Gasteiger partial charge in [-0.25, -0.2) is 4.79 Å². The highest BCUT2D eigenvalue weighted by molar-refractivity contribution is 7.15. The highest BCUT2D eigenvalue weighted by Gasteiger charge is 2.13. The van der Waals surface area contributed by atoms with Crippen molar-refractivity contribution in [2.75, 3.05) is 0 Å². The van der Waals surface area contributed by atoms with Crippen molar-refractivity contribution in [2.45, 2.75) is 6.92 Å². The maximum atomic E-state index is 11.1. The van der Waals surface area contributed by atoms with Gasteiger partial charge in [0.1, 0.15) is 5.69 Å². The molecule has 5 heteroatoms. The molecule has 0 aliphatic heterocycles. The van der Waals surface area contributed by atoms with Gasteiger partial charge in [-0.15, -0.1) is 11.3 Å². The molecule has 0 saturated carbocycles. The molecule has 0 aliphatic carbocycles. The highest BCUT2D eigenvalue weighted by Crippen LogP contribution is 2.32. The molecular weight excluding hydrogens is 224 g/mol. The average Bonchev–Trinajstić information content (AvgIpc) is 2.86. The van der Waals surface area contributed by atoms with Gasteiger partial charge in [0.25, 0.3) is 0 Å². The van der Waals surface area contributed by atoms with Gasteiger partial charge in [0.2, 0.25) is 0 Å². The minimum Gasteiger partial charge on any atom is -0.419 e. The first-order valence-corrected chi connectivity index (χ1v) is 5.47. The van der Waals surface area contributed by atoms with Crippen molar-refractivity contribution in [3.8, 4) is 16.3 Å². The van der Waals surface area contributed by atoms with Crippen LogP contribution in [0.5, 0.6) is 5.75 Å². The Bertz CT molecular complexity index is 528. The summed E-state index contributed by atoms with van der Waals surface area (Å²) < 4.78 is 5.05. The van der Waals surface area contributed by atoms with Crippen molar-refractivity contribution in [1.82, 2.24) is 10.2 Å². The summed E-state index contributed by atoms with van der Waals surface area (Å²) in [4.78, 5) is 13.2. The molecule has 0 atom stereocenters. The summed E-state index contributed by atoms with van der Waals surface area (Å²) in [6.07, 6.45) is 2.67. The van der Waals surface area contributed by atoms with Crippen LogP contribution in [0.25, 0.3) is 10.6 Å². The van der Waals surface area contributed by atoms with Gasteiger partial charge in [0, 0.05) is 11.0 Å². The third-order valence-corrected chi connectivity index (χ3v) is 2.96. The molecule has 2 heterocycles. The predicted octanol–water partition coefficient (Wildman–Crippen LogP) is 2.54. The Hall–Kier alpha value is -1.88. The lowest BCUT2D eigenvalue weighted by Gasteiger charge is -1.99. The number of ether oxygens (including phenoxy) is 1. The van der Waals surface area contributed by atoms with Crippen LogP contribution in [-0.4, -0.2) is 16.2 Å². The number of nitrogens with one attached hydrogen (secondary N) is 1. The summed E-state index contributed by atoms with van der Waals surface area (Å²) in [6, 6.07) is 3.94. The SMILES string of the molecule is C=CC(=O)Oc1c[nH]nc1-c1ccc(C)s1. The fourth-order valence-corrected chi connectivity index (χ4v) is 2.11. The molecule has 0 saturated heterocycles. The lowest BCUT2D eigenvalue weighted by Crippen LogP contribution is -2.02. The molecular formula is C11H10N2O2S. The zero-order valence-corrected chi connectivity index (χ0v) is 9.50. The van der Waals surface area contributed by atoms with Crippen molar-refractivity contribution in [3.05, 3.63) is 35.9 Å². The molecule has 0 aromatic carbocycles. The van der Waals surface area contributed by atoms with Crippen LogP contribution in [0.4, 0.5) is 0 Å². The number of aryl methyl sites for hydroxylation is 1. The van der Waals surface area contributed by atoms with Gasteiger partial charge < -0.3 is 4.74 Å². The maximum absolute atomic E-state index is 11.1. The van der Waals surface area contributed by atoms with E-state index in [-0.39, 0.29) is 0 Å². The topological polar surface area (TPSA) is 55.0 Å². The van der Waals surface area contributed by atoms with E-state index in [1.807, 2.05) is 19.1 Å². The minimum atomic E-state index is -0.490. The normalized spacial score (nSPS) is 10.1. The smallest absolute Gasteiger partial charge is 0.335 e. The van der Waals surface area contributed by atoms with E-state index in [4.69, 9.17) is 4.74 Å². The Morgan fingerprint density at radius 2 is 2.44 bits per heavy atom. The minimum absolute atomic E-state index is 0.423. The summed E-state index contributed by atoms with van der Waals surface area (Å²) in [5.41, 5.74) is 0.647. The molecule has 0 amide bonds. The van der Waals surface area contributed by atoms with E-state index in [1.165, 1.54) is 4.88 Å². The predicted molar refractivity (Wildman–Crippen MR) is 62.5 cm³/mol. The second-order valence-corrected chi connectivity index (χ2v) is 4.42. The van der Waals surface area contributed by atoms with Gasteiger partial charge in [-0.3, -0.25) is 5.10 Å². The molecule has 0 radical (unpaired) electrons. The second-order valence-electron chi connectivity index (χ2n) is 3.13. The monoisotopic (exact) mass is 234 g/mol. The number of rotatable bonds is 3. The number of aromatic nitrogens is 2. The van der Waals surface area contributed by atoms with Crippen LogP contribution in [0.15, 0.2) is 31.0 Å². The first-order chi connectivity index (χ1) is 7.70. The van der Waals surface area contributed by atoms with Crippen LogP contribution >= 0.6 is 11.3 Å². The molecule has 16 heavy (non-hydrogen) atoms. The number of carbonyl (C=O) groups excluding carboxylic acids is 1. The second kappa shape index (κ2) is 4.32. The molecule has 2 aromatic heterocycles. The van der Waals surface area contributed by atoms with E-state index < -0.39 is 5.97 Å². The van der Waals surface area contributed by atoms with Gasteiger partial charge in [-0.2, -0.15) is 5.10 Å². The Kier molecular flexibility index (Phi) is 2.87. The number of thiophene rings is 1. The molecule has 2 rings (SSSR count). The van der Waals surface area contributed by atoms with E-state index in [0.29, 0.717) is 11.4 Å². The Morgan fingerprint density at radius 3 is 3.06 bits per heavy atom. The molecule has 82 valence electrons. The number of hydrogen-bond donors (Lipinski definition) is 1. The van der Waals surface area contributed by atoms with Crippen LogP contribution in [-0.2, 0) is 4.79 Å². The van der Waals surface area contributed by atoms with Crippen LogP contribution in [0.3, 0.4) is 0 Å². The van der Waals surface area contributed by atoms with Crippen LogP contribution in [0, 0.1) is 6.92 Å². The average molecular weight is 234 g/mol. The lowest BCUT2D eigenvalue weighted by atomic mass is 10.3. The van der Waals surface area contributed by atoms with Gasteiger partial charge in [0.05, 0.1) is 11.1 Å². The first-order valence-electron chi connectivity index (χ1n) is 4.65. The van der Waals surface area contributed by atoms with Crippen LogP contribution < -0.4 is 4.74 Å². The van der Waals surface area contributed by atoms with Crippen molar-refractivity contribution in [1.29, 1.82) is 0 Å². The third-order valence-electron chi connectivity index (χ3n) is 1.96. The quantitative estimate of drug-likeness (QED) is 0.656. The van der Waals surface area contributed by atoms with Crippen molar-refractivity contribution in [3.63, 3.8) is 0 Å². The number of H-pyrrole nitrogens is 1. The fourth-order valence-electron chi connectivity index (χ4n) is 1.25. The van der Waals surface area contributed by atoms with E-state index in [0.717, 1.165) is 11.0 Å². The molecule has 0 fully saturated rings. The summed E-state index contributed by atoms with van der Waals surface area (Å²) in [5, 5.41) is 6.74. The molecule has 2 aromatic rings. The Morgan fingerprint density at radius 1 is 1.62 bits per heavy atom. The van der Waals surface area contributed by atoms with Gasteiger partial charge in [-0.05, 0) is 19.1 Å². The van der Waals surface area contributed by atoms with E-state index in [2.05, 4.69) is 16.8 Å².